The van der Waals surface area contributed by atoms with Crippen LogP contribution in [0.5, 0.6) is 0 Å². The van der Waals surface area contributed by atoms with E-state index in [0.717, 1.165) is 16.7 Å². The molecule has 0 saturated heterocycles. The fourth-order valence-corrected chi connectivity index (χ4v) is 1.87. The van der Waals surface area contributed by atoms with Crippen molar-refractivity contribution in [2.75, 3.05) is 0 Å². The zero-order chi connectivity index (χ0) is 12.4. The predicted octanol–water partition coefficient (Wildman–Crippen LogP) is 4.15. The van der Waals surface area contributed by atoms with Gasteiger partial charge in [-0.2, -0.15) is 0 Å². The molecule has 0 aliphatic carbocycles. The summed E-state index contributed by atoms with van der Waals surface area (Å²) in [5.41, 5.74) is 2.70. The van der Waals surface area contributed by atoms with E-state index in [4.69, 9.17) is 4.52 Å². The highest BCUT2D eigenvalue weighted by atomic mass is 19.1. The number of aromatic nitrogens is 1. The van der Waals surface area contributed by atoms with Crippen LogP contribution in [0.2, 0.25) is 0 Å². The number of halogens is 1. The fourth-order valence-electron chi connectivity index (χ4n) is 1.87. The molecule has 3 aromatic rings. The first-order chi connectivity index (χ1) is 8.84. The van der Waals surface area contributed by atoms with Crippen molar-refractivity contribution in [2.24, 2.45) is 0 Å². The van der Waals surface area contributed by atoms with Crippen molar-refractivity contribution in [1.29, 1.82) is 0 Å². The van der Waals surface area contributed by atoms with Crippen molar-refractivity contribution in [2.45, 2.75) is 0 Å². The van der Waals surface area contributed by atoms with Crippen LogP contribution in [0.25, 0.3) is 22.5 Å². The van der Waals surface area contributed by atoms with Crippen molar-refractivity contribution >= 4 is 0 Å². The Bertz CT molecular complexity index is 644. The number of benzene rings is 2. The molecule has 0 spiro atoms. The van der Waals surface area contributed by atoms with Crippen molar-refractivity contribution < 1.29 is 8.91 Å². The molecule has 0 aliphatic heterocycles. The van der Waals surface area contributed by atoms with Crippen LogP contribution in [-0.4, -0.2) is 5.16 Å². The molecule has 3 rings (SSSR count). The highest BCUT2D eigenvalue weighted by Gasteiger charge is 2.12. The van der Waals surface area contributed by atoms with Gasteiger partial charge in [-0.3, -0.25) is 0 Å². The highest BCUT2D eigenvalue weighted by Crippen LogP contribution is 2.31. The van der Waals surface area contributed by atoms with Crippen LogP contribution in [0.3, 0.4) is 0 Å². The van der Waals surface area contributed by atoms with Crippen LogP contribution in [-0.2, 0) is 0 Å². The lowest BCUT2D eigenvalue weighted by Gasteiger charge is -2.01. The summed E-state index contributed by atoms with van der Waals surface area (Å²) in [6.07, 6.45) is 1.65. The average molecular weight is 239 g/mol. The zero-order valence-electron chi connectivity index (χ0n) is 9.51. The van der Waals surface area contributed by atoms with Gasteiger partial charge in [-0.15, -0.1) is 0 Å². The minimum Gasteiger partial charge on any atom is -0.356 e. The van der Waals surface area contributed by atoms with Gasteiger partial charge in [-0.25, -0.2) is 4.39 Å². The molecule has 2 nitrogen and oxygen atoms in total. The quantitative estimate of drug-likeness (QED) is 0.671. The van der Waals surface area contributed by atoms with Gasteiger partial charge in [0.2, 0.25) is 0 Å². The molecule has 0 amide bonds. The predicted molar refractivity (Wildman–Crippen MR) is 67.3 cm³/mol. The largest absolute Gasteiger partial charge is 0.356 e. The zero-order valence-corrected chi connectivity index (χ0v) is 9.51. The first-order valence-electron chi connectivity index (χ1n) is 5.60. The summed E-state index contributed by atoms with van der Waals surface area (Å²) in [6, 6.07) is 16.0. The average Bonchev–Trinajstić information content (AvgIpc) is 2.90. The van der Waals surface area contributed by atoms with E-state index < -0.39 is 0 Å². The Balaban J connectivity index is 2.10. The second kappa shape index (κ2) is 4.45. The van der Waals surface area contributed by atoms with E-state index >= 15 is 0 Å². The molecular formula is C15H10FNO. The maximum Gasteiger partial charge on any atom is 0.174 e. The van der Waals surface area contributed by atoms with E-state index in [1.165, 1.54) is 12.1 Å². The third-order valence-corrected chi connectivity index (χ3v) is 2.76. The van der Waals surface area contributed by atoms with Crippen molar-refractivity contribution in [3.05, 3.63) is 66.6 Å². The first kappa shape index (κ1) is 10.7. The summed E-state index contributed by atoms with van der Waals surface area (Å²) >= 11 is 0. The molecule has 1 heterocycles. The first-order valence-corrected chi connectivity index (χ1v) is 5.60. The number of hydrogen-bond acceptors (Lipinski definition) is 2. The van der Waals surface area contributed by atoms with E-state index in [9.17, 15) is 4.39 Å². The molecule has 0 fully saturated rings. The Morgan fingerprint density at radius 1 is 0.833 bits per heavy atom. The van der Waals surface area contributed by atoms with Crippen molar-refractivity contribution in [1.82, 2.24) is 5.16 Å². The van der Waals surface area contributed by atoms with Crippen molar-refractivity contribution in [3.8, 4) is 22.5 Å². The van der Waals surface area contributed by atoms with Gasteiger partial charge in [0.1, 0.15) is 5.82 Å². The molecule has 0 N–H and O–H groups in total. The molecule has 2 aromatic carbocycles. The summed E-state index contributed by atoms with van der Waals surface area (Å²) in [7, 11) is 0. The summed E-state index contributed by atoms with van der Waals surface area (Å²) in [5, 5.41) is 3.83. The molecular weight excluding hydrogens is 229 g/mol. The smallest absolute Gasteiger partial charge is 0.174 e. The normalized spacial score (nSPS) is 10.5. The second-order valence-electron chi connectivity index (χ2n) is 3.94. The van der Waals surface area contributed by atoms with Crippen LogP contribution < -0.4 is 0 Å². The third kappa shape index (κ3) is 1.91. The maximum atomic E-state index is 12.9. The molecule has 0 bridgehead atoms. The Hall–Kier alpha value is -2.42. The maximum absolute atomic E-state index is 12.9. The van der Waals surface area contributed by atoms with Crippen LogP contribution in [0.15, 0.2) is 65.3 Å². The van der Waals surface area contributed by atoms with E-state index in [0.29, 0.717) is 5.76 Å². The molecule has 88 valence electrons. The third-order valence-electron chi connectivity index (χ3n) is 2.76. The molecule has 0 aliphatic rings. The van der Waals surface area contributed by atoms with Gasteiger partial charge in [0.05, 0.1) is 6.20 Å². The summed E-state index contributed by atoms with van der Waals surface area (Å²) in [5.74, 6) is 0.443. The number of rotatable bonds is 2. The Kier molecular flexibility index (Phi) is 2.65. The molecule has 0 radical (unpaired) electrons. The SMILES string of the molecule is Fc1ccc(-c2cnoc2-c2ccccc2)cc1. The minimum atomic E-state index is -0.253. The Labute approximate surface area is 104 Å². The molecule has 1 aromatic heterocycles. The van der Waals surface area contributed by atoms with Gasteiger partial charge in [0, 0.05) is 11.1 Å². The van der Waals surface area contributed by atoms with Crippen LogP contribution >= 0.6 is 0 Å². The van der Waals surface area contributed by atoms with E-state index in [1.54, 1.807) is 18.3 Å². The summed E-state index contributed by atoms with van der Waals surface area (Å²) in [6.45, 7) is 0. The van der Waals surface area contributed by atoms with E-state index in [-0.39, 0.29) is 5.82 Å². The lowest BCUT2D eigenvalue weighted by atomic mass is 10.0. The molecule has 3 heteroatoms. The number of hydrogen-bond donors (Lipinski definition) is 0. The molecule has 0 atom stereocenters. The monoisotopic (exact) mass is 239 g/mol. The topological polar surface area (TPSA) is 26.0 Å². The Morgan fingerprint density at radius 2 is 1.56 bits per heavy atom. The van der Waals surface area contributed by atoms with E-state index in [1.807, 2.05) is 30.3 Å². The van der Waals surface area contributed by atoms with E-state index in [2.05, 4.69) is 5.16 Å². The Morgan fingerprint density at radius 3 is 2.28 bits per heavy atom. The second-order valence-corrected chi connectivity index (χ2v) is 3.94. The van der Waals surface area contributed by atoms with Gasteiger partial charge in [-0.1, -0.05) is 47.6 Å². The van der Waals surface area contributed by atoms with Crippen LogP contribution in [0.1, 0.15) is 0 Å². The standard InChI is InChI=1S/C15H10FNO/c16-13-8-6-11(7-9-13)14-10-17-18-15(14)12-4-2-1-3-5-12/h1-10H. The van der Waals surface area contributed by atoms with Gasteiger partial charge < -0.3 is 4.52 Å². The van der Waals surface area contributed by atoms with Crippen LogP contribution in [0.4, 0.5) is 4.39 Å². The molecule has 0 unspecified atom stereocenters. The molecule has 0 saturated carbocycles. The highest BCUT2D eigenvalue weighted by molar-refractivity contribution is 5.78. The van der Waals surface area contributed by atoms with Gasteiger partial charge in [0.25, 0.3) is 0 Å². The summed E-state index contributed by atoms with van der Waals surface area (Å²) in [4.78, 5) is 0. The fraction of sp³-hybridized carbons (Fsp3) is 0. The number of nitrogens with zero attached hydrogens (tertiary/aromatic N) is 1. The lowest BCUT2D eigenvalue weighted by molar-refractivity contribution is 0.432. The minimum absolute atomic E-state index is 0.253. The van der Waals surface area contributed by atoms with Gasteiger partial charge >= 0.3 is 0 Å². The van der Waals surface area contributed by atoms with Crippen LogP contribution in [0, 0.1) is 5.82 Å². The van der Waals surface area contributed by atoms with Gasteiger partial charge in [-0.05, 0) is 17.7 Å². The summed E-state index contributed by atoms with van der Waals surface area (Å²) < 4.78 is 18.2. The van der Waals surface area contributed by atoms with Crippen molar-refractivity contribution in [3.63, 3.8) is 0 Å². The van der Waals surface area contributed by atoms with Gasteiger partial charge in [0.15, 0.2) is 5.76 Å². The molecule has 18 heavy (non-hydrogen) atoms. The lowest BCUT2D eigenvalue weighted by Crippen LogP contribution is -1.80.